The molecule has 8 atom stereocenters. The van der Waals surface area contributed by atoms with Crippen molar-refractivity contribution in [3.05, 3.63) is 12.2 Å². The van der Waals surface area contributed by atoms with Gasteiger partial charge in [-0.05, 0) is 56.4 Å². The summed E-state index contributed by atoms with van der Waals surface area (Å²) in [6, 6.07) is 0. The van der Waals surface area contributed by atoms with Crippen molar-refractivity contribution in [2.24, 2.45) is 11.8 Å². The zero-order chi connectivity index (χ0) is 22.4. The monoisotopic (exact) mass is 500 g/mol. The summed E-state index contributed by atoms with van der Waals surface area (Å²) >= 11 is 3.78. The van der Waals surface area contributed by atoms with Gasteiger partial charge in [0.1, 0.15) is 6.10 Å². The Hall–Kier alpha value is -0.430. The van der Waals surface area contributed by atoms with Gasteiger partial charge in [0.15, 0.2) is 0 Å². The lowest BCUT2D eigenvalue weighted by Gasteiger charge is -2.39. The third kappa shape index (κ3) is 8.13. The van der Waals surface area contributed by atoms with Crippen LogP contribution in [0.25, 0.3) is 0 Å². The molecule has 0 aromatic heterocycles. The Morgan fingerprint density at radius 1 is 1.06 bits per heavy atom. The van der Waals surface area contributed by atoms with Gasteiger partial charge in [-0.1, -0.05) is 42.8 Å². The second-order valence-corrected chi connectivity index (χ2v) is 11.4. The molecule has 0 N–H and O–H groups in total. The minimum atomic E-state index is -0.245. The van der Waals surface area contributed by atoms with Crippen LogP contribution in [0.3, 0.4) is 0 Å². The number of methoxy groups -OCH3 is 1. The highest BCUT2D eigenvalue weighted by atomic mass is 79.9. The van der Waals surface area contributed by atoms with Gasteiger partial charge in [-0.15, -0.1) is 0 Å². The van der Waals surface area contributed by atoms with Crippen LogP contribution in [0.2, 0.25) is 0 Å². The molecular formula is C25H41BrO5. The number of rotatable bonds is 4. The highest BCUT2D eigenvalue weighted by Gasteiger charge is 2.36. The van der Waals surface area contributed by atoms with Crippen molar-refractivity contribution in [3.63, 3.8) is 0 Å². The third-order valence-electron chi connectivity index (χ3n) is 6.85. The minimum absolute atomic E-state index is 0.0836. The van der Waals surface area contributed by atoms with Gasteiger partial charge in [0.2, 0.25) is 0 Å². The molecule has 178 valence electrons. The Morgan fingerprint density at radius 2 is 1.84 bits per heavy atom. The van der Waals surface area contributed by atoms with E-state index in [9.17, 15) is 4.79 Å². The maximum absolute atomic E-state index is 12.8. The molecule has 3 heterocycles. The standard InChI is InChI=1S/C25H41BrO5/c1-16(2)6-5-7-19-12-20-9-8-17(3)24(30-20)14-21(28-4)13-22-10-18(26)11-23(29-22)15-25(27)31-19/h5,7,16-24H,6,8-15H2,1-4H3/b7-5+/t17-,18-,19-,20-,21-,22-,23+,24+/m0/s1. The molecule has 0 radical (unpaired) electrons. The Labute approximate surface area is 196 Å². The Kier molecular flexibility index (Phi) is 9.88. The molecule has 6 heteroatoms. The van der Waals surface area contributed by atoms with Crippen LogP contribution >= 0.6 is 15.9 Å². The van der Waals surface area contributed by atoms with Gasteiger partial charge in [0, 0.05) is 24.8 Å². The molecule has 4 bridgehead atoms. The summed E-state index contributed by atoms with van der Waals surface area (Å²) < 4.78 is 24.6. The first-order valence-corrected chi connectivity index (χ1v) is 13.1. The third-order valence-corrected chi connectivity index (χ3v) is 7.60. The molecular weight excluding hydrogens is 460 g/mol. The summed E-state index contributed by atoms with van der Waals surface area (Å²) in [4.78, 5) is 13.1. The Bertz CT molecular complexity index is 594. The van der Waals surface area contributed by atoms with Crippen LogP contribution in [0.5, 0.6) is 0 Å². The quantitative estimate of drug-likeness (QED) is 0.286. The highest BCUT2D eigenvalue weighted by Crippen LogP contribution is 2.34. The van der Waals surface area contributed by atoms with Gasteiger partial charge < -0.3 is 18.9 Å². The lowest BCUT2D eigenvalue weighted by molar-refractivity contribution is -0.160. The Balaban J connectivity index is 1.78. The number of alkyl halides is 1. The van der Waals surface area contributed by atoms with E-state index in [2.05, 4.69) is 48.9 Å². The highest BCUT2D eigenvalue weighted by molar-refractivity contribution is 9.09. The average molecular weight is 502 g/mol. The fourth-order valence-corrected chi connectivity index (χ4v) is 5.88. The largest absolute Gasteiger partial charge is 0.458 e. The number of ether oxygens (including phenoxy) is 4. The Morgan fingerprint density at radius 3 is 2.58 bits per heavy atom. The number of cyclic esters (lactones) is 1. The number of carbonyl (C=O) groups is 1. The first-order valence-electron chi connectivity index (χ1n) is 12.2. The first-order chi connectivity index (χ1) is 14.8. The first kappa shape index (κ1) is 25.2. The van der Waals surface area contributed by atoms with Crippen molar-refractivity contribution in [1.82, 2.24) is 0 Å². The van der Waals surface area contributed by atoms with Crippen molar-refractivity contribution in [2.45, 2.75) is 120 Å². The van der Waals surface area contributed by atoms with E-state index < -0.39 is 0 Å². The molecule has 0 aromatic rings. The van der Waals surface area contributed by atoms with E-state index in [0.29, 0.717) is 23.1 Å². The van der Waals surface area contributed by atoms with Gasteiger partial charge in [0.25, 0.3) is 0 Å². The van der Waals surface area contributed by atoms with Crippen LogP contribution in [-0.2, 0) is 23.7 Å². The molecule has 0 saturated carbocycles. The summed E-state index contributed by atoms with van der Waals surface area (Å²) in [6.45, 7) is 6.66. The normalized spacial score (nSPS) is 40.5. The molecule has 0 amide bonds. The van der Waals surface area contributed by atoms with E-state index in [4.69, 9.17) is 18.9 Å². The number of hydrogen-bond acceptors (Lipinski definition) is 5. The maximum Gasteiger partial charge on any atom is 0.309 e. The second-order valence-electron chi connectivity index (χ2n) is 10.2. The lowest BCUT2D eigenvalue weighted by atomic mass is 9.87. The zero-order valence-electron chi connectivity index (χ0n) is 19.6. The molecule has 3 aliphatic heterocycles. The van der Waals surface area contributed by atoms with Crippen molar-refractivity contribution in [1.29, 1.82) is 0 Å². The molecule has 0 unspecified atom stereocenters. The van der Waals surface area contributed by atoms with E-state index >= 15 is 0 Å². The number of halogens is 1. The molecule has 3 rings (SSSR count). The van der Waals surface area contributed by atoms with Crippen LogP contribution in [-0.4, -0.2) is 54.5 Å². The van der Waals surface area contributed by atoms with Crippen LogP contribution in [0, 0.1) is 11.8 Å². The van der Waals surface area contributed by atoms with Crippen LogP contribution in [0.4, 0.5) is 0 Å². The summed E-state index contributed by atoms with van der Waals surface area (Å²) in [5, 5.41) is 0. The van der Waals surface area contributed by atoms with Gasteiger partial charge in [0.05, 0.1) is 36.9 Å². The van der Waals surface area contributed by atoms with Crippen LogP contribution in [0.1, 0.15) is 78.6 Å². The van der Waals surface area contributed by atoms with Gasteiger partial charge in [-0.25, -0.2) is 0 Å². The maximum atomic E-state index is 12.8. The molecule has 0 aliphatic carbocycles. The summed E-state index contributed by atoms with van der Waals surface area (Å²) in [5.41, 5.74) is 0. The van der Waals surface area contributed by atoms with Crippen molar-refractivity contribution < 1.29 is 23.7 Å². The molecule has 0 aromatic carbocycles. The molecule has 3 aliphatic rings. The summed E-state index contributed by atoms with van der Waals surface area (Å²) in [5.74, 6) is 0.907. The lowest BCUT2D eigenvalue weighted by Crippen LogP contribution is -2.42. The molecule has 3 saturated heterocycles. The summed E-state index contributed by atoms with van der Waals surface area (Å²) in [6.07, 6.45) is 12.0. The predicted octanol–water partition coefficient (Wildman–Crippen LogP) is 5.58. The van der Waals surface area contributed by atoms with Crippen molar-refractivity contribution in [2.75, 3.05) is 7.11 Å². The number of allylic oxidation sites excluding steroid dienone is 1. The van der Waals surface area contributed by atoms with Crippen molar-refractivity contribution >= 4 is 21.9 Å². The van der Waals surface area contributed by atoms with E-state index in [1.165, 1.54) is 0 Å². The molecule has 31 heavy (non-hydrogen) atoms. The average Bonchev–Trinajstić information content (AvgIpc) is 2.68. The second kappa shape index (κ2) is 12.2. The molecule has 0 spiro atoms. The van der Waals surface area contributed by atoms with E-state index in [1.807, 2.05) is 0 Å². The fourth-order valence-electron chi connectivity index (χ4n) is 5.05. The smallest absolute Gasteiger partial charge is 0.309 e. The van der Waals surface area contributed by atoms with Gasteiger partial charge in [-0.2, -0.15) is 0 Å². The molecule has 3 fully saturated rings. The van der Waals surface area contributed by atoms with Crippen molar-refractivity contribution in [3.8, 4) is 0 Å². The SMILES string of the molecule is CO[C@H]1C[C@@H]2C[C@H](Br)C[C@H](CC(=O)O[C@@H](/C=C/CC(C)C)C[C@@H]3CC[C@H](C)[C@@H](C1)O3)O2. The summed E-state index contributed by atoms with van der Waals surface area (Å²) in [7, 11) is 1.79. The van der Waals surface area contributed by atoms with E-state index in [1.54, 1.807) is 7.11 Å². The number of esters is 1. The number of fused-ring (bicyclic) bond motifs is 4. The van der Waals surface area contributed by atoms with E-state index in [-0.39, 0.29) is 42.6 Å². The van der Waals surface area contributed by atoms with Crippen LogP contribution in [0.15, 0.2) is 12.2 Å². The molecule has 5 nitrogen and oxygen atoms in total. The number of carbonyl (C=O) groups excluding carboxylic acids is 1. The zero-order valence-corrected chi connectivity index (χ0v) is 21.2. The predicted molar refractivity (Wildman–Crippen MR) is 125 cm³/mol. The van der Waals surface area contributed by atoms with Gasteiger partial charge in [-0.3, -0.25) is 4.79 Å². The minimum Gasteiger partial charge on any atom is -0.458 e. The van der Waals surface area contributed by atoms with Crippen LogP contribution < -0.4 is 0 Å². The van der Waals surface area contributed by atoms with Gasteiger partial charge >= 0.3 is 5.97 Å². The fraction of sp³-hybridized carbons (Fsp3) is 0.880. The number of hydrogen-bond donors (Lipinski definition) is 0. The van der Waals surface area contributed by atoms with E-state index in [0.717, 1.165) is 51.4 Å². The topological polar surface area (TPSA) is 54.0 Å².